The van der Waals surface area contributed by atoms with Crippen molar-refractivity contribution in [3.8, 4) is 5.75 Å². The molecular weight excluding hydrogens is 392 g/mol. The normalized spacial score (nSPS) is 11.4. The van der Waals surface area contributed by atoms with Gasteiger partial charge in [0.25, 0.3) is 5.91 Å². The topological polar surface area (TPSA) is 90.6 Å². The minimum Gasteiger partial charge on any atom is -0.497 e. The molecule has 0 aliphatic carbocycles. The van der Waals surface area contributed by atoms with E-state index in [0.29, 0.717) is 22.0 Å². The maximum atomic E-state index is 12.9. The van der Waals surface area contributed by atoms with Gasteiger partial charge in [0.15, 0.2) is 0 Å². The minimum absolute atomic E-state index is 0.132. The average molecular weight is 411 g/mol. The van der Waals surface area contributed by atoms with Crippen LogP contribution in [0.5, 0.6) is 5.75 Å². The Balaban J connectivity index is 1.84. The molecule has 148 valence electrons. The summed E-state index contributed by atoms with van der Waals surface area (Å²) in [7, 11) is 1.56. The first-order valence-electron chi connectivity index (χ1n) is 8.74. The van der Waals surface area contributed by atoms with Crippen LogP contribution < -0.4 is 15.8 Å². The van der Waals surface area contributed by atoms with E-state index >= 15 is 0 Å². The smallest absolute Gasteiger partial charge is 0.341 e. The van der Waals surface area contributed by atoms with Gasteiger partial charge >= 0.3 is 5.97 Å². The van der Waals surface area contributed by atoms with Crippen molar-refractivity contribution in [2.24, 2.45) is 0 Å². The van der Waals surface area contributed by atoms with Gasteiger partial charge in [-0.15, -0.1) is 0 Å². The number of halogens is 1. The maximum Gasteiger partial charge on any atom is 0.341 e. The van der Waals surface area contributed by atoms with Crippen LogP contribution in [0.3, 0.4) is 0 Å². The van der Waals surface area contributed by atoms with Crippen LogP contribution in [-0.2, 0) is 9.53 Å². The number of esters is 1. The summed E-state index contributed by atoms with van der Waals surface area (Å²) >= 11 is 5.88. The number of nitrogens with one attached hydrogen (secondary N) is 1. The van der Waals surface area contributed by atoms with Crippen molar-refractivity contribution in [1.82, 2.24) is 0 Å². The van der Waals surface area contributed by atoms with Gasteiger partial charge in [0.2, 0.25) is 6.10 Å². The maximum absolute atomic E-state index is 12.9. The highest BCUT2D eigenvalue weighted by molar-refractivity contribution is 6.31. The molecule has 3 rings (SSSR count). The molecule has 7 heteroatoms. The molecule has 0 saturated carbocycles. The number of anilines is 2. The molecule has 6 nitrogen and oxygen atoms in total. The average Bonchev–Trinajstić information content (AvgIpc) is 2.73. The van der Waals surface area contributed by atoms with E-state index in [2.05, 4.69) is 5.32 Å². The van der Waals surface area contributed by atoms with Crippen molar-refractivity contribution in [3.05, 3.63) is 88.9 Å². The molecule has 0 fully saturated rings. The van der Waals surface area contributed by atoms with E-state index in [4.69, 9.17) is 26.8 Å². The Kier molecular flexibility index (Phi) is 6.36. The second-order valence-electron chi connectivity index (χ2n) is 6.15. The number of hydrogen-bond donors (Lipinski definition) is 2. The Bertz CT molecular complexity index is 1010. The fourth-order valence-electron chi connectivity index (χ4n) is 2.67. The summed E-state index contributed by atoms with van der Waals surface area (Å²) in [5.41, 5.74) is 7.24. The molecule has 1 amide bonds. The third-order valence-corrected chi connectivity index (χ3v) is 4.39. The molecule has 0 heterocycles. The number of benzene rings is 3. The number of nitrogen functional groups attached to an aromatic ring is 1. The van der Waals surface area contributed by atoms with Gasteiger partial charge < -0.3 is 20.5 Å². The molecule has 0 saturated heterocycles. The van der Waals surface area contributed by atoms with Crippen LogP contribution in [0.1, 0.15) is 22.0 Å². The molecule has 0 bridgehead atoms. The van der Waals surface area contributed by atoms with Gasteiger partial charge in [-0.2, -0.15) is 0 Å². The minimum atomic E-state index is -1.17. The lowest BCUT2D eigenvalue weighted by Gasteiger charge is -2.19. The molecule has 0 aliphatic heterocycles. The molecule has 0 aliphatic rings. The zero-order chi connectivity index (χ0) is 20.8. The third kappa shape index (κ3) is 5.06. The van der Waals surface area contributed by atoms with Gasteiger partial charge in [0.05, 0.1) is 12.7 Å². The highest BCUT2D eigenvalue weighted by Crippen LogP contribution is 2.25. The summed E-state index contributed by atoms with van der Waals surface area (Å²) < 4.78 is 10.6. The van der Waals surface area contributed by atoms with Crippen LogP contribution in [0.25, 0.3) is 0 Å². The number of carbonyl (C=O) groups excluding carboxylic acids is 2. The van der Waals surface area contributed by atoms with Crippen molar-refractivity contribution in [2.45, 2.75) is 6.10 Å². The summed E-state index contributed by atoms with van der Waals surface area (Å²) in [4.78, 5) is 25.6. The highest BCUT2D eigenvalue weighted by Gasteiger charge is 2.26. The van der Waals surface area contributed by atoms with Crippen molar-refractivity contribution in [3.63, 3.8) is 0 Å². The van der Waals surface area contributed by atoms with Gasteiger partial charge in [-0.3, -0.25) is 4.79 Å². The molecule has 3 aromatic rings. The Morgan fingerprint density at radius 1 is 1.00 bits per heavy atom. The Morgan fingerprint density at radius 3 is 2.31 bits per heavy atom. The van der Waals surface area contributed by atoms with Gasteiger partial charge in [-0.25, -0.2) is 4.79 Å². The number of carbonyl (C=O) groups is 2. The first-order valence-corrected chi connectivity index (χ1v) is 9.11. The van der Waals surface area contributed by atoms with Crippen molar-refractivity contribution >= 4 is 34.9 Å². The summed E-state index contributed by atoms with van der Waals surface area (Å²) in [6.07, 6.45) is -1.17. The van der Waals surface area contributed by atoms with E-state index in [0.717, 1.165) is 0 Å². The predicted molar refractivity (Wildman–Crippen MR) is 112 cm³/mol. The van der Waals surface area contributed by atoms with E-state index < -0.39 is 18.0 Å². The number of amides is 1. The number of ether oxygens (including phenoxy) is 2. The Morgan fingerprint density at radius 2 is 1.69 bits per heavy atom. The summed E-state index contributed by atoms with van der Waals surface area (Å²) in [6.45, 7) is 0. The van der Waals surface area contributed by atoms with Crippen LogP contribution in [0.4, 0.5) is 11.4 Å². The highest BCUT2D eigenvalue weighted by atomic mass is 35.5. The zero-order valence-corrected chi connectivity index (χ0v) is 16.3. The molecule has 0 spiro atoms. The third-order valence-electron chi connectivity index (χ3n) is 4.16. The largest absolute Gasteiger partial charge is 0.497 e. The SMILES string of the molecule is COc1ccc(NC(=O)C(OC(=O)c2ccc(Cl)cc2N)c2ccccc2)cc1. The number of methoxy groups -OCH3 is 1. The van der Waals surface area contributed by atoms with E-state index in [1.54, 1.807) is 61.7 Å². The zero-order valence-electron chi connectivity index (χ0n) is 15.6. The number of hydrogen-bond acceptors (Lipinski definition) is 5. The quantitative estimate of drug-likeness (QED) is 0.462. The first-order chi connectivity index (χ1) is 14.0. The van der Waals surface area contributed by atoms with Crippen molar-refractivity contribution in [1.29, 1.82) is 0 Å². The van der Waals surface area contributed by atoms with E-state index in [-0.39, 0.29) is 11.3 Å². The van der Waals surface area contributed by atoms with Gasteiger partial charge in [0, 0.05) is 22.0 Å². The van der Waals surface area contributed by atoms with Crippen LogP contribution in [0.2, 0.25) is 5.02 Å². The molecule has 1 atom stereocenters. The Hall–Kier alpha value is -3.51. The van der Waals surface area contributed by atoms with Gasteiger partial charge in [0.1, 0.15) is 5.75 Å². The lowest BCUT2D eigenvalue weighted by Crippen LogP contribution is -2.26. The first kappa shape index (κ1) is 20.2. The molecule has 29 heavy (non-hydrogen) atoms. The van der Waals surface area contributed by atoms with Crippen LogP contribution in [-0.4, -0.2) is 19.0 Å². The van der Waals surface area contributed by atoms with Crippen molar-refractivity contribution < 1.29 is 19.1 Å². The van der Waals surface area contributed by atoms with Crippen LogP contribution in [0, 0.1) is 0 Å². The monoisotopic (exact) mass is 410 g/mol. The predicted octanol–water partition coefficient (Wildman–Crippen LogP) is 4.47. The Labute approximate surface area is 173 Å². The number of rotatable bonds is 6. The van der Waals surface area contributed by atoms with E-state index in [1.807, 2.05) is 0 Å². The summed E-state index contributed by atoms with van der Waals surface area (Å²) in [5.74, 6) is -0.563. The van der Waals surface area contributed by atoms with Gasteiger partial charge in [-0.05, 0) is 42.5 Å². The molecule has 3 aromatic carbocycles. The molecule has 3 N–H and O–H groups in total. The van der Waals surface area contributed by atoms with E-state index in [1.165, 1.54) is 18.2 Å². The second-order valence-corrected chi connectivity index (χ2v) is 6.58. The number of nitrogens with two attached hydrogens (primary N) is 1. The molecule has 1 unspecified atom stereocenters. The lowest BCUT2D eigenvalue weighted by atomic mass is 10.1. The second kappa shape index (κ2) is 9.12. The van der Waals surface area contributed by atoms with Gasteiger partial charge in [-0.1, -0.05) is 41.9 Å². The molecular formula is C22H19ClN2O4. The summed E-state index contributed by atoms with van der Waals surface area (Å²) in [6, 6.07) is 20.0. The fourth-order valence-corrected chi connectivity index (χ4v) is 2.85. The standard InChI is InChI=1S/C22H19ClN2O4/c1-28-17-10-8-16(9-11-17)25-21(26)20(14-5-3-2-4-6-14)29-22(27)18-12-7-15(23)13-19(18)24/h2-13,20H,24H2,1H3,(H,25,26). The summed E-state index contributed by atoms with van der Waals surface area (Å²) in [5, 5.41) is 3.15. The molecule has 0 radical (unpaired) electrons. The lowest BCUT2D eigenvalue weighted by molar-refractivity contribution is -0.125. The van der Waals surface area contributed by atoms with E-state index in [9.17, 15) is 9.59 Å². The van der Waals surface area contributed by atoms with Crippen LogP contribution in [0.15, 0.2) is 72.8 Å². The van der Waals surface area contributed by atoms with Crippen molar-refractivity contribution in [2.75, 3.05) is 18.2 Å². The van der Waals surface area contributed by atoms with Crippen LogP contribution >= 0.6 is 11.6 Å². The fraction of sp³-hybridized carbons (Fsp3) is 0.0909. The molecule has 0 aromatic heterocycles.